The van der Waals surface area contributed by atoms with E-state index in [0.717, 1.165) is 40.9 Å². The smallest absolute Gasteiger partial charge is 0.252 e. The third kappa shape index (κ3) is 5.31. The second kappa shape index (κ2) is 10.6. The average molecular weight is 493 g/mol. The minimum absolute atomic E-state index is 0.153. The summed E-state index contributed by atoms with van der Waals surface area (Å²) in [5.74, 6) is 1.17. The van der Waals surface area contributed by atoms with Gasteiger partial charge in [-0.05, 0) is 79.1 Å². The molecule has 1 atom stereocenters. The molecule has 2 aromatic carbocycles. The number of H-pyrrole nitrogens is 1. The number of halogens is 1. The van der Waals surface area contributed by atoms with Crippen molar-refractivity contribution < 1.29 is 9.13 Å². The fraction of sp³-hybridized carbons (Fsp3) is 0.407. The van der Waals surface area contributed by atoms with Crippen molar-refractivity contribution in [2.24, 2.45) is 0 Å². The van der Waals surface area contributed by atoms with E-state index in [1.165, 1.54) is 12.1 Å². The van der Waals surface area contributed by atoms with Crippen LogP contribution in [0.3, 0.4) is 0 Å². The zero-order valence-corrected chi connectivity index (χ0v) is 21.5. The highest BCUT2D eigenvalue weighted by molar-refractivity contribution is 5.80. The maximum Gasteiger partial charge on any atom is 0.252 e. The van der Waals surface area contributed by atoms with Crippen molar-refractivity contribution in [3.63, 3.8) is 0 Å². The van der Waals surface area contributed by atoms with E-state index in [0.29, 0.717) is 18.7 Å². The standard InChI is InChI=1S/C27H33FN6O2/c1-6-24(25-30-31-32-34(25)27(3,4)7-2)33(16-18-8-10-21(28)11-9-18)17-20-14-19-15-22(36-5)12-13-23(19)29-26(20)35/h8-15,24H,6-7,16-17H2,1-5H3,(H,29,35). The van der Waals surface area contributed by atoms with E-state index in [2.05, 4.69) is 53.1 Å². The fourth-order valence-corrected chi connectivity index (χ4v) is 4.38. The molecule has 9 heteroatoms. The van der Waals surface area contributed by atoms with Gasteiger partial charge < -0.3 is 9.72 Å². The molecule has 0 radical (unpaired) electrons. The number of benzene rings is 2. The van der Waals surface area contributed by atoms with Gasteiger partial charge in [0.2, 0.25) is 0 Å². The van der Waals surface area contributed by atoms with E-state index in [1.807, 2.05) is 28.9 Å². The molecule has 36 heavy (non-hydrogen) atoms. The van der Waals surface area contributed by atoms with Crippen LogP contribution in [0, 0.1) is 5.82 Å². The summed E-state index contributed by atoms with van der Waals surface area (Å²) >= 11 is 0. The third-order valence-electron chi connectivity index (χ3n) is 6.86. The molecule has 0 saturated heterocycles. The van der Waals surface area contributed by atoms with Crippen LogP contribution in [0.2, 0.25) is 0 Å². The molecule has 2 heterocycles. The Morgan fingerprint density at radius 2 is 1.86 bits per heavy atom. The number of fused-ring (bicyclic) bond motifs is 1. The van der Waals surface area contributed by atoms with E-state index in [9.17, 15) is 9.18 Å². The minimum Gasteiger partial charge on any atom is -0.497 e. The molecule has 1 N–H and O–H groups in total. The van der Waals surface area contributed by atoms with Gasteiger partial charge in [0, 0.05) is 29.6 Å². The van der Waals surface area contributed by atoms with Crippen molar-refractivity contribution >= 4 is 10.9 Å². The Morgan fingerprint density at radius 1 is 1.11 bits per heavy atom. The molecule has 0 aliphatic carbocycles. The zero-order valence-electron chi connectivity index (χ0n) is 21.5. The first-order chi connectivity index (χ1) is 17.2. The Labute approximate surface area is 210 Å². The molecule has 4 aromatic rings. The van der Waals surface area contributed by atoms with E-state index < -0.39 is 0 Å². The Balaban J connectivity index is 1.77. The van der Waals surface area contributed by atoms with Crippen LogP contribution in [0.5, 0.6) is 5.75 Å². The number of ether oxygens (including phenoxy) is 1. The number of nitrogens with one attached hydrogen (secondary N) is 1. The van der Waals surface area contributed by atoms with Gasteiger partial charge in [-0.1, -0.05) is 26.0 Å². The molecule has 8 nitrogen and oxygen atoms in total. The molecule has 0 amide bonds. The van der Waals surface area contributed by atoms with Gasteiger partial charge in [-0.3, -0.25) is 9.69 Å². The second-order valence-electron chi connectivity index (χ2n) is 9.65. The molecule has 0 fully saturated rings. The Morgan fingerprint density at radius 3 is 2.53 bits per heavy atom. The summed E-state index contributed by atoms with van der Waals surface area (Å²) in [4.78, 5) is 18.2. The second-order valence-corrected chi connectivity index (χ2v) is 9.65. The quantitative estimate of drug-likeness (QED) is 0.337. The van der Waals surface area contributed by atoms with Crippen molar-refractivity contribution in [3.05, 3.63) is 81.7 Å². The first kappa shape index (κ1) is 25.5. The van der Waals surface area contributed by atoms with Crippen molar-refractivity contribution in [2.45, 2.75) is 65.2 Å². The molecular weight excluding hydrogens is 459 g/mol. The van der Waals surface area contributed by atoms with Crippen molar-refractivity contribution in [1.82, 2.24) is 30.1 Å². The zero-order chi connectivity index (χ0) is 25.9. The highest BCUT2D eigenvalue weighted by Gasteiger charge is 2.31. The lowest BCUT2D eigenvalue weighted by Gasteiger charge is -2.33. The van der Waals surface area contributed by atoms with Gasteiger partial charge in [0.15, 0.2) is 5.82 Å². The van der Waals surface area contributed by atoms with Crippen LogP contribution in [0.1, 0.15) is 63.5 Å². The SMILES string of the molecule is CCC(c1nnnn1C(C)(C)CC)N(Cc1ccc(F)cc1)Cc1cc2cc(OC)ccc2[nH]c1=O. The van der Waals surface area contributed by atoms with Crippen LogP contribution < -0.4 is 10.3 Å². The van der Waals surface area contributed by atoms with Crippen LogP contribution in [0.4, 0.5) is 4.39 Å². The largest absolute Gasteiger partial charge is 0.497 e. The third-order valence-corrected chi connectivity index (χ3v) is 6.86. The number of tetrazole rings is 1. The summed E-state index contributed by atoms with van der Waals surface area (Å²) in [7, 11) is 1.62. The monoisotopic (exact) mass is 492 g/mol. The van der Waals surface area contributed by atoms with Gasteiger partial charge in [0.1, 0.15) is 11.6 Å². The van der Waals surface area contributed by atoms with Crippen LogP contribution in [0.25, 0.3) is 10.9 Å². The number of methoxy groups -OCH3 is 1. The maximum atomic E-state index is 13.6. The first-order valence-electron chi connectivity index (χ1n) is 12.2. The fourth-order valence-electron chi connectivity index (χ4n) is 4.38. The van der Waals surface area contributed by atoms with Gasteiger partial charge in [0.05, 0.1) is 18.7 Å². The Kier molecular flexibility index (Phi) is 7.49. The molecule has 0 bridgehead atoms. The normalized spacial score (nSPS) is 12.9. The predicted molar refractivity (Wildman–Crippen MR) is 137 cm³/mol. The molecular formula is C27H33FN6O2. The van der Waals surface area contributed by atoms with Crippen molar-refractivity contribution in [2.75, 3.05) is 7.11 Å². The molecule has 1 unspecified atom stereocenters. The highest BCUT2D eigenvalue weighted by atomic mass is 19.1. The molecule has 4 rings (SSSR count). The maximum absolute atomic E-state index is 13.6. The summed E-state index contributed by atoms with van der Waals surface area (Å²) in [6.07, 6.45) is 1.58. The van der Waals surface area contributed by atoms with Gasteiger partial charge in [-0.25, -0.2) is 9.07 Å². The van der Waals surface area contributed by atoms with Crippen molar-refractivity contribution in [1.29, 1.82) is 0 Å². The number of aromatic nitrogens is 5. The van der Waals surface area contributed by atoms with Crippen LogP contribution in [0.15, 0.2) is 53.3 Å². The van der Waals surface area contributed by atoms with E-state index >= 15 is 0 Å². The number of rotatable bonds is 10. The number of aromatic amines is 1. The van der Waals surface area contributed by atoms with E-state index in [4.69, 9.17) is 4.74 Å². The van der Waals surface area contributed by atoms with E-state index in [-0.39, 0.29) is 23.0 Å². The van der Waals surface area contributed by atoms with E-state index in [1.54, 1.807) is 19.2 Å². The molecule has 0 saturated carbocycles. The van der Waals surface area contributed by atoms with Gasteiger partial charge in [0.25, 0.3) is 5.56 Å². The molecule has 190 valence electrons. The molecule has 2 aromatic heterocycles. The summed E-state index contributed by atoms with van der Waals surface area (Å²) in [5.41, 5.74) is 1.87. The van der Waals surface area contributed by atoms with Gasteiger partial charge >= 0.3 is 0 Å². The summed E-state index contributed by atoms with van der Waals surface area (Å²) < 4.78 is 20.9. The van der Waals surface area contributed by atoms with Gasteiger partial charge in [-0.15, -0.1) is 5.10 Å². The summed E-state index contributed by atoms with van der Waals surface area (Å²) in [5, 5.41) is 13.6. The Hall–Kier alpha value is -3.59. The molecule has 0 aliphatic rings. The number of pyridine rings is 1. The summed E-state index contributed by atoms with van der Waals surface area (Å²) in [6.45, 7) is 9.24. The van der Waals surface area contributed by atoms with Crippen LogP contribution >= 0.6 is 0 Å². The lowest BCUT2D eigenvalue weighted by molar-refractivity contribution is 0.150. The Bertz CT molecular complexity index is 1380. The lowest BCUT2D eigenvalue weighted by atomic mass is 10.0. The highest BCUT2D eigenvalue weighted by Crippen LogP contribution is 2.30. The lowest BCUT2D eigenvalue weighted by Crippen LogP contribution is -2.36. The first-order valence-corrected chi connectivity index (χ1v) is 12.2. The van der Waals surface area contributed by atoms with Gasteiger partial charge in [-0.2, -0.15) is 0 Å². The topological polar surface area (TPSA) is 88.9 Å². The van der Waals surface area contributed by atoms with Crippen molar-refractivity contribution in [3.8, 4) is 5.75 Å². The summed E-state index contributed by atoms with van der Waals surface area (Å²) in [6, 6.07) is 13.7. The number of hydrogen-bond donors (Lipinski definition) is 1. The molecule has 0 aliphatic heterocycles. The number of nitrogens with zero attached hydrogens (tertiary/aromatic N) is 5. The van der Waals surface area contributed by atoms with Crippen LogP contribution in [-0.4, -0.2) is 37.2 Å². The minimum atomic E-state index is -0.286. The average Bonchev–Trinajstić information content (AvgIpc) is 3.36. The predicted octanol–water partition coefficient (Wildman–Crippen LogP) is 4.96. The molecule has 0 spiro atoms. The number of hydrogen-bond acceptors (Lipinski definition) is 6. The van der Waals surface area contributed by atoms with Crippen LogP contribution in [-0.2, 0) is 18.6 Å².